The summed E-state index contributed by atoms with van der Waals surface area (Å²) in [7, 11) is 5.62. The van der Waals surface area contributed by atoms with Gasteiger partial charge in [-0.1, -0.05) is 23.7 Å². The highest BCUT2D eigenvalue weighted by Gasteiger charge is 2.19. The minimum absolute atomic E-state index is 0.0291. The van der Waals surface area contributed by atoms with E-state index in [2.05, 4.69) is 10.2 Å². The molecule has 0 aliphatic carbocycles. The van der Waals surface area contributed by atoms with E-state index in [1.165, 1.54) is 0 Å². The van der Waals surface area contributed by atoms with E-state index in [1.54, 1.807) is 13.2 Å². The van der Waals surface area contributed by atoms with Crippen molar-refractivity contribution in [1.29, 1.82) is 0 Å². The molecular formula is C22H27ClN2O4. The van der Waals surface area contributed by atoms with E-state index in [0.29, 0.717) is 36.3 Å². The monoisotopic (exact) mass is 418 g/mol. The Bertz CT molecular complexity index is 857. The topological polar surface area (TPSA) is 60.0 Å². The maximum atomic E-state index is 12.6. The van der Waals surface area contributed by atoms with Gasteiger partial charge in [0.25, 0.3) is 0 Å². The summed E-state index contributed by atoms with van der Waals surface area (Å²) < 4.78 is 16.7. The van der Waals surface area contributed by atoms with E-state index in [0.717, 1.165) is 23.3 Å². The fraction of sp³-hybridized carbons (Fsp3) is 0.409. The number of fused-ring (bicyclic) bond motifs is 1. The van der Waals surface area contributed by atoms with Gasteiger partial charge in [-0.05, 0) is 49.5 Å². The average Bonchev–Trinajstić information content (AvgIpc) is 2.94. The lowest BCUT2D eigenvalue weighted by Gasteiger charge is -2.25. The molecule has 156 valence electrons. The van der Waals surface area contributed by atoms with E-state index in [9.17, 15) is 4.79 Å². The van der Waals surface area contributed by atoms with Crippen molar-refractivity contribution in [2.75, 3.05) is 41.0 Å². The molecule has 0 spiro atoms. The van der Waals surface area contributed by atoms with Crippen molar-refractivity contribution in [1.82, 2.24) is 10.2 Å². The second-order valence-electron chi connectivity index (χ2n) is 7.19. The highest BCUT2D eigenvalue weighted by Crippen LogP contribution is 2.38. The van der Waals surface area contributed by atoms with E-state index in [1.807, 2.05) is 44.4 Å². The first-order chi connectivity index (χ1) is 14.0. The van der Waals surface area contributed by atoms with Crippen LogP contribution in [0.25, 0.3) is 0 Å². The van der Waals surface area contributed by atoms with Gasteiger partial charge in [0.05, 0.1) is 37.8 Å². The van der Waals surface area contributed by atoms with E-state index in [-0.39, 0.29) is 18.4 Å². The molecule has 2 aromatic rings. The van der Waals surface area contributed by atoms with Crippen molar-refractivity contribution < 1.29 is 19.0 Å². The molecule has 0 fully saturated rings. The van der Waals surface area contributed by atoms with Crippen molar-refractivity contribution in [3.63, 3.8) is 0 Å². The smallest absolute Gasteiger partial charge is 0.224 e. The zero-order valence-electron chi connectivity index (χ0n) is 17.0. The molecule has 1 amide bonds. The maximum absolute atomic E-state index is 12.6. The number of nitrogens with zero attached hydrogens (tertiary/aromatic N) is 1. The summed E-state index contributed by atoms with van der Waals surface area (Å²) in [6, 6.07) is 11.5. The second kappa shape index (κ2) is 9.85. The molecule has 1 atom stereocenters. The number of ether oxygens (including phenoxy) is 3. The van der Waals surface area contributed by atoms with Gasteiger partial charge in [0.2, 0.25) is 5.91 Å². The Morgan fingerprint density at radius 2 is 2.03 bits per heavy atom. The van der Waals surface area contributed by atoms with Crippen molar-refractivity contribution in [2.24, 2.45) is 0 Å². The Hall–Kier alpha value is -2.44. The number of amides is 1. The second-order valence-corrected chi connectivity index (χ2v) is 7.60. The zero-order chi connectivity index (χ0) is 20.8. The molecule has 1 heterocycles. The fourth-order valence-electron chi connectivity index (χ4n) is 3.29. The fourth-order valence-corrected chi connectivity index (χ4v) is 3.58. The van der Waals surface area contributed by atoms with Crippen molar-refractivity contribution in [3.05, 3.63) is 52.5 Å². The van der Waals surface area contributed by atoms with Crippen LogP contribution in [0.2, 0.25) is 5.02 Å². The average molecular weight is 419 g/mol. The minimum Gasteiger partial charge on any atom is -0.497 e. The van der Waals surface area contributed by atoms with Crippen molar-refractivity contribution in [2.45, 2.75) is 18.9 Å². The van der Waals surface area contributed by atoms with E-state index < -0.39 is 0 Å². The molecule has 1 unspecified atom stereocenters. The van der Waals surface area contributed by atoms with Gasteiger partial charge in [-0.3, -0.25) is 4.79 Å². The summed E-state index contributed by atoms with van der Waals surface area (Å²) in [6.07, 6.45) is 1.02. The number of hydrogen-bond acceptors (Lipinski definition) is 5. The van der Waals surface area contributed by atoms with Gasteiger partial charge >= 0.3 is 0 Å². The molecule has 0 aromatic heterocycles. The van der Waals surface area contributed by atoms with Gasteiger partial charge in [-0.25, -0.2) is 0 Å². The number of methoxy groups -OCH3 is 1. The van der Waals surface area contributed by atoms with Gasteiger partial charge in [0.15, 0.2) is 11.5 Å². The van der Waals surface area contributed by atoms with Crippen LogP contribution in [0.3, 0.4) is 0 Å². The first-order valence-electron chi connectivity index (χ1n) is 9.63. The molecule has 1 aliphatic rings. The first kappa shape index (κ1) is 21.3. The summed E-state index contributed by atoms with van der Waals surface area (Å²) in [5.41, 5.74) is 1.87. The standard InChI is InChI=1S/C22H27ClN2O4/c1-25(2)19(16-6-4-7-17(13-16)27-3)14-24-21(26)12-15-10-18(23)22-20(11-15)28-8-5-9-29-22/h4,6-7,10-11,13,19H,5,8-9,12,14H2,1-3H3,(H,24,26). The summed E-state index contributed by atoms with van der Waals surface area (Å²) in [5.74, 6) is 1.87. The quantitative estimate of drug-likeness (QED) is 0.746. The third kappa shape index (κ3) is 5.55. The summed E-state index contributed by atoms with van der Waals surface area (Å²) >= 11 is 6.33. The molecule has 7 heteroatoms. The summed E-state index contributed by atoms with van der Waals surface area (Å²) in [4.78, 5) is 14.6. The highest BCUT2D eigenvalue weighted by molar-refractivity contribution is 6.32. The lowest BCUT2D eigenvalue weighted by molar-refractivity contribution is -0.120. The number of likely N-dealkylation sites (N-methyl/N-ethyl adjacent to an activating group) is 1. The Kier molecular flexibility index (Phi) is 7.23. The Balaban J connectivity index is 1.65. The van der Waals surface area contributed by atoms with Gasteiger partial charge < -0.3 is 24.4 Å². The Morgan fingerprint density at radius 1 is 1.24 bits per heavy atom. The third-order valence-electron chi connectivity index (χ3n) is 4.82. The molecule has 6 nitrogen and oxygen atoms in total. The van der Waals surface area contributed by atoms with E-state index >= 15 is 0 Å². The molecule has 29 heavy (non-hydrogen) atoms. The highest BCUT2D eigenvalue weighted by atomic mass is 35.5. The molecule has 0 radical (unpaired) electrons. The van der Waals surface area contributed by atoms with Crippen LogP contribution in [0.15, 0.2) is 36.4 Å². The maximum Gasteiger partial charge on any atom is 0.224 e. The van der Waals surface area contributed by atoms with Crippen LogP contribution >= 0.6 is 11.6 Å². The van der Waals surface area contributed by atoms with Gasteiger partial charge in [-0.2, -0.15) is 0 Å². The molecule has 0 saturated carbocycles. The third-order valence-corrected chi connectivity index (χ3v) is 5.10. The van der Waals surface area contributed by atoms with Gasteiger partial charge in [0, 0.05) is 13.0 Å². The lowest BCUT2D eigenvalue weighted by atomic mass is 10.1. The SMILES string of the molecule is COc1cccc(C(CNC(=O)Cc2cc(Cl)c3c(c2)OCCCO3)N(C)C)c1. The predicted molar refractivity (Wildman–Crippen MR) is 113 cm³/mol. The minimum atomic E-state index is -0.0784. The summed E-state index contributed by atoms with van der Waals surface area (Å²) in [5, 5.41) is 3.49. The van der Waals surface area contributed by atoms with Crippen molar-refractivity contribution in [3.8, 4) is 17.2 Å². The normalized spacial score (nSPS) is 14.2. The number of carbonyl (C=O) groups is 1. The van der Waals surface area contributed by atoms with Crippen LogP contribution in [0.4, 0.5) is 0 Å². The molecule has 2 aromatic carbocycles. The van der Waals surface area contributed by atoms with E-state index in [4.69, 9.17) is 25.8 Å². The van der Waals surface area contributed by atoms with Crippen LogP contribution in [0.5, 0.6) is 17.2 Å². The van der Waals surface area contributed by atoms with Gasteiger partial charge in [0.1, 0.15) is 5.75 Å². The van der Waals surface area contributed by atoms with Gasteiger partial charge in [-0.15, -0.1) is 0 Å². The van der Waals surface area contributed by atoms with Crippen LogP contribution < -0.4 is 19.5 Å². The number of nitrogens with one attached hydrogen (secondary N) is 1. The molecular weight excluding hydrogens is 392 g/mol. The molecule has 1 aliphatic heterocycles. The number of benzene rings is 2. The predicted octanol–water partition coefficient (Wildman–Crippen LogP) is 3.47. The number of rotatable bonds is 7. The largest absolute Gasteiger partial charge is 0.497 e. The van der Waals surface area contributed by atoms with Crippen LogP contribution in [0, 0.1) is 0 Å². The number of carbonyl (C=O) groups excluding carboxylic acids is 1. The lowest BCUT2D eigenvalue weighted by Crippen LogP contribution is -2.35. The summed E-state index contributed by atoms with van der Waals surface area (Å²) in [6.45, 7) is 1.63. The molecule has 1 N–H and O–H groups in total. The molecule has 0 bridgehead atoms. The number of hydrogen-bond donors (Lipinski definition) is 1. The number of halogens is 1. The van der Waals surface area contributed by atoms with Crippen LogP contribution in [-0.2, 0) is 11.2 Å². The molecule has 0 saturated heterocycles. The van der Waals surface area contributed by atoms with Crippen LogP contribution in [-0.4, -0.2) is 51.8 Å². The Morgan fingerprint density at radius 3 is 2.79 bits per heavy atom. The Labute approximate surface area is 176 Å². The van der Waals surface area contributed by atoms with Crippen LogP contribution in [0.1, 0.15) is 23.6 Å². The zero-order valence-corrected chi connectivity index (χ0v) is 17.8. The molecule has 3 rings (SSSR count). The van der Waals surface area contributed by atoms with Crippen molar-refractivity contribution >= 4 is 17.5 Å². The first-order valence-corrected chi connectivity index (χ1v) is 10.0.